The number of carboxylic acid groups (broad SMARTS) is 2. The van der Waals surface area contributed by atoms with Crippen molar-refractivity contribution in [3.63, 3.8) is 0 Å². The monoisotopic (exact) mass is 494 g/mol. The van der Waals surface area contributed by atoms with E-state index in [4.69, 9.17) is 10.2 Å². The van der Waals surface area contributed by atoms with Crippen molar-refractivity contribution in [1.82, 2.24) is 0 Å². The van der Waals surface area contributed by atoms with Crippen LogP contribution in [0, 0.1) is 0 Å². The van der Waals surface area contributed by atoms with Crippen molar-refractivity contribution in [3.05, 3.63) is 96.5 Å². The van der Waals surface area contributed by atoms with Crippen molar-refractivity contribution >= 4 is 11.9 Å². The van der Waals surface area contributed by atoms with Crippen LogP contribution in [0.5, 0.6) is 0 Å². The minimum absolute atomic E-state index is 0. The van der Waals surface area contributed by atoms with E-state index >= 15 is 0 Å². The molecule has 2 N–H and O–H groups in total. The topological polar surface area (TPSA) is 139 Å². The maximum Gasteiger partial charge on any atom is 2.00 e. The van der Waals surface area contributed by atoms with Gasteiger partial charge in [0.15, 0.2) is 0 Å². The van der Waals surface area contributed by atoms with Crippen molar-refractivity contribution in [1.29, 1.82) is 0 Å². The van der Waals surface area contributed by atoms with Gasteiger partial charge in [-0.25, -0.2) is 0 Å². The number of carbonyl (C=O) groups is 2. The number of aliphatic carboxylic acids is 2. The number of carboxylic acids is 2. The molecule has 0 unspecified atom stereocenters. The Hall–Kier alpha value is -2.91. The Morgan fingerprint density at radius 3 is 1.21 bits per heavy atom. The first-order valence-electron chi connectivity index (χ1n) is 9.68. The fourth-order valence-corrected chi connectivity index (χ4v) is 1.57. The average Bonchev–Trinajstić information content (AvgIpc) is 2.81. The summed E-state index contributed by atoms with van der Waals surface area (Å²) in [7, 11) is 0. The summed E-state index contributed by atoms with van der Waals surface area (Å²) in [6.07, 6.45) is 3.86. The van der Waals surface area contributed by atoms with Gasteiger partial charge in [0, 0.05) is 0 Å². The van der Waals surface area contributed by atoms with Gasteiger partial charge in [0.05, 0.1) is 50.9 Å². The molecular formula is C24H30O8Ti. The molecule has 0 atom stereocenters. The Bertz CT molecular complexity index is 684. The Labute approximate surface area is 209 Å². The van der Waals surface area contributed by atoms with Crippen LogP contribution in [-0.2, 0) is 54.0 Å². The van der Waals surface area contributed by atoms with Gasteiger partial charge in [-0.05, 0) is 37.1 Å². The van der Waals surface area contributed by atoms with Crippen molar-refractivity contribution < 1.29 is 61.2 Å². The first-order valence-corrected chi connectivity index (χ1v) is 9.68. The zero-order valence-corrected chi connectivity index (χ0v) is 20.3. The molecule has 0 saturated carbocycles. The summed E-state index contributed by atoms with van der Waals surface area (Å²) in [5.41, 5.74) is 1.93. The Morgan fingerprint density at radius 2 is 1.03 bits per heavy atom. The quantitative estimate of drug-likeness (QED) is 0.314. The molecule has 0 spiro atoms. The first kappa shape index (κ1) is 34.7. The summed E-state index contributed by atoms with van der Waals surface area (Å²) in [6, 6.07) is 19.0. The summed E-state index contributed by atoms with van der Waals surface area (Å²) in [4.78, 5) is 19.2. The van der Waals surface area contributed by atoms with Crippen LogP contribution < -0.4 is 10.2 Å². The SMILES string of the molecule is CCOC=CC(=O)[O-].CCOC=CC(=O)[O-].OCc1ccccc1.OCc1ccccc1.[Ti+2]. The Balaban J connectivity index is -0.000000360. The van der Waals surface area contributed by atoms with E-state index in [9.17, 15) is 19.8 Å². The summed E-state index contributed by atoms with van der Waals surface area (Å²) in [5, 5.41) is 36.3. The normalized spacial score (nSPS) is 9.09. The molecule has 0 radical (unpaired) electrons. The van der Waals surface area contributed by atoms with Crippen LogP contribution in [0.4, 0.5) is 0 Å². The molecule has 0 fully saturated rings. The van der Waals surface area contributed by atoms with E-state index in [-0.39, 0.29) is 34.9 Å². The zero-order valence-electron chi connectivity index (χ0n) is 18.8. The van der Waals surface area contributed by atoms with E-state index in [0.29, 0.717) is 13.2 Å². The van der Waals surface area contributed by atoms with Crippen LogP contribution in [0.25, 0.3) is 0 Å². The molecule has 0 amide bonds. The van der Waals surface area contributed by atoms with Gasteiger partial charge < -0.3 is 39.5 Å². The van der Waals surface area contributed by atoms with Gasteiger partial charge in [-0.2, -0.15) is 0 Å². The Morgan fingerprint density at radius 1 is 0.727 bits per heavy atom. The molecule has 0 bridgehead atoms. The standard InChI is InChI=1S/2C7H8O.2C5H8O3.Ti/c2*8-6-7-4-2-1-3-5-7;2*1-2-8-4-3-5(6)7;/h2*1-5,8H,6H2;2*3-4H,2H2,1H3,(H,6,7);/q;;;;+2/p-2. The molecule has 178 valence electrons. The molecule has 2 aromatic rings. The van der Waals surface area contributed by atoms with E-state index in [1.165, 1.54) is 0 Å². The third-order valence-electron chi connectivity index (χ3n) is 2.98. The van der Waals surface area contributed by atoms with Crippen LogP contribution in [0.1, 0.15) is 25.0 Å². The predicted molar refractivity (Wildman–Crippen MR) is 116 cm³/mol. The summed E-state index contributed by atoms with van der Waals surface area (Å²) in [6.45, 7) is 4.76. The number of ether oxygens (including phenoxy) is 2. The van der Waals surface area contributed by atoms with E-state index in [1.54, 1.807) is 13.8 Å². The average molecular weight is 494 g/mol. The largest absolute Gasteiger partial charge is 2.00 e. The van der Waals surface area contributed by atoms with Crippen molar-refractivity contribution in [2.45, 2.75) is 27.1 Å². The van der Waals surface area contributed by atoms with Gasteiger partial charge in [0.25, 0.3) is 0 Å². The molecule has 33 heavy (non-hydrogen) atoms. The van der Waals surface area contributed by atoms with Gasteiger partial charge in [0.2, 0.25) is 0 Å². The minimum atomic E-state index is -1.24. The molecule has 0 aliphatic carbocycles. The molecule has 2 rings (SSSR count). The molecule has 8 nitrogen and oxygen atoms in total. The molecular weight excluding hydrogens is 464 g/mol. The minimum Gasteiger partial charge on any atom is -0.545 e. The number of hydrogen-bond acceptors (Lipinski definition) is 8. The number of aliphatic hydroxyl groups excluding tert-OH is 2. The fourth-order valence-electron chi connectivity index (χ4n) is 1.57. The molecule has 0 heterocycles. The number of benzene rings is 2. The van der Waals surface area contributed by atoms with Crippen LogP contribution >= 0.6 is 0 Å². The van der Waals surface area contributed by atoms with Crippen LogP contribution in [-0.4, -0.2) is 35.4 Å². The van der Waals surface area contributed by atoms with Gasteiger partial charge in [-0.3, -0.25) is 0 Å². The zero-order chi connectivity index (χ0) is 24.5. The fraction of sp³-hybridized carbons (Fsp3) is 0.250. The number of rotatable bonds is 8. The second-order valence-corrected chi connectivity index (χ2v) is 5.44. The van der Waals surface area contributed by atoms with Gasteiger partial charge in [-0.1, -0.05) is 60.7 Å². The van der Waals surface area contributed by atoms with Gasteiger partial charge in [-0.15, -0.1) is 0 Å². The maximum atomic E-state index is 9.60. The first-order chi connectivity index (χ1) is 15.4. The van der Waals surface area contributed by atoms with Crippen molar-refractivity contribution in [2.75, 3.05) is 13.2 Å². The van der Waals surface area contributed by atoms with E-state index in [1.807, 2.05) is 60.7 Å². The summed E-state index contributed by atoms with van der Waals surface area (Å²) >= 11 is 0. The molecule has 2 aromatic carbocycles. The number of aliphatic hydroxyl groups is 2. The van der Waals surface area contributed by atoms with E-state index in [0.717, 1.165) is 35.8 Å². The van der Waals surface area contributed by atoms with Crippen molar-refractivity contribution in [2.24, 2.45) is 0 Å². The molecule has 0 aromatic heterocycles. The summed E-state index contributed by atoms with van der Waals surface area (Å²) in [5.74, 6) is -2.48. The van der Waals surface area contributed by atoms with Crippen LogP contribution in [0.3, 0.4) is 0 Å². The Kier molecular flexibility index (Phi) is 28.5. The molecule has 0 saturated heterocycles. The molecule has 0 aliphatic rings. The van der Waals surface area contributed by atoms with Crippen molar-refractivity contribution in [3.8, 4) is 0 Å². The predicted octanol–water partition coefficient (Wildman–Crippen LogP) is 0.928. The number of carbonyl (C=O) groups excluding carboxylic acids is 2. The molecule has 0 aliphatic heterocycles. The second kappa shape index (κ2) is 27.1. The molecule has 9 heteroatoms. The van der Waals surface area contributed by atoms with Gasteiger partial charge >= 0.3 is 21.7 Å². The van der Waals surface area contributed by atoms with Crippen LogP contribution in [0.2, 0.25) is 0 Å². The van der Waals surface area contributed by atoms with Crippen LogP contribution in [0.15, 0.2) is 85.3 Å². The number of hydrogen-bond donors (Lipinski definition) is 2. The third-order valence-corrected chi connectivity index (χ3v) is 2.98. The summed E-state index contributed by atoms with van der Waals surface area (Å²) < 4.78 is 9.09. The smallest absolute Gasteiger partial charge is 0.545 e. The maximum absolute atomic E-state index is 9.60. The van der Waals surface area contributed by atoms with E-state index < -0.39 is 11.9 Å². The second-order valence-electron chi connectivity index (χ2n) is 5.44. The van der Waals surface area contributed by atoms with E-state index in [2.05, 4.69) is 9.47 Å². The van der Waals surface area contributed by atoms with Gasteiger partial charge in [0.1, 0.15) is 0 Å². The third kappa shape index (κ3) is 29.1.